The lowest BCUT2D eigenvalue weighted by Gasteiger charge is -2.15. The Balaban J connectivity index is 2.47. The summed E-state index contributed by atoms with van der Waals surface area (Å²) in [5.41, 5.74) is 5.30. The molecule has 1 rings (SSSR count). The van der Waals surface area contributed by atoms with E-state index in [-0.39, 0.29) is 6.54 Å². The van der Waals surface area contributed by atoms with Gasteiger partial charge in [0.1, 0.15) is 0 Å². The third-order valence-corrected chi connectivity index (χ3v) is 2.82. The number of halogens is 3. The van der Waals surface area contributed by atoms with Crippen molar-refractivity contribution in [1.29, 1.82) is 0 Å². The molecule has 1 aromatic rings. The van der Waals surface area contributed by atoms with Crippen molar-refractivity contribution in [1.82, 2.24) is 0 Å². The van der Waals surface area contributed by atoms with E-state index in [1.54, 1.807) is 0 Å². The Morgan fingerprint density at radius 2 is 2.14 bits per heavy atom. The van der Waals surface area contributed by atoms with Gasteiger partial charge in [-0.1, -0.05) is 6.07 Å². The molecule has 0 radical (unpaired) electrons. The van der Waals surface area contributed by atoms with Gasteiger partial charge in [-0.05, 0) is 30.3 Å². The van der Waals surface area contributed by atoms with E-state index in [4.69, 9.17) is 5.73 Å². The van der Waals surface area contributed by atoms with Crippen LogP contribution < -0.4 is 5.73 Å². The Hall–Kier alpha value is -0.550. The highest BCUT2D eigenvalue weighted by Crippen LogP contribution is 2.27. The predicted molar refractivity (Wildman–Crippen MR) is 51.2 cm³/mol. The Bertz CT molecular complexity index is 256. The summed E-state index contributed by atoms with van der Waals surface area (Å²) in [6, 6.07) is 3.67. The molecule has 0 amide bonds. The van der Waals surface area contributed by atoms with Crippen LogP contribution in [-0.4, -0.2) is 12.7 Å². The monoisotopic (exact) mass is 223 g/mol. The first-order chi connectivity index (χ1) is 6.51. The van der Waals surface area contributed by atoms with Gasteiger partial charge in [0.2, 0.25) is 0 Å². The molecule has 0 aromatic carbocycles. The molecule has 0 saturated carbocycles. The number of alkyl halides is 3. The maximum absolute atomic E-state index is 12.1. The van der Waals surface area contributed by atoms with Crippen LogP contribution in [0.15, 0.2) is 17.5 Å². The summed E-state index contributed by atoms with van der Waals surface area (Å²) in [5.74, 6) is -0.492. The summed E-state index contributed by atoms with van der Waals surface area (Å²) in [5, 5.41) is 1.86. The fraction of sp³-hybridized carbons (Fsp3) is 0.556. The van der Waals surface area contributed by atoms with E-state index in [2.05, 4.69) is 0 Å². The second-order valence-corrected chi connectivity index (χ2v) is 4.24. The number of rotatable bonds is 4. The molecular formula is C9H12F3NS. The molecule has 0 saturated heterocycles. The molecule has 1 aromatic heterocycles. The largest absolute Gasteiger partial charge is 0.389 e. The molecule has 0 aliphatic rings. The number of hydrogen-bond acceptors (Lipinski definition) is 2. The average molecular weight is 223 g/mol. The van der Waals surface area contributed by atoms with Crippen LogP contribution in [0.2, 0.25) is 0 Å². The van der Waals surface area contributed by atoms with Gasteiger partial charge in [0.05, 0.1) is 0 Å². The molecule has 0 aliphatic heterocycles. The predicted octanol–water partition coefficient (Wildman–Crippen LogP) is 2.82. The van der Waals surface area contributed by atoms with Gasteiger partial charge in [0.25, 0.3) is 0 Å². The zero-order chi connectivity index (χ0) is 10.6. The fourth-order valence-corrected chi connectivity index (χ4v) is 2.10. The molecule has 0 bridgehead atoms. The van der Waals surface area contributed by atoms with Gasteiger partial charge < -0.3 is 5.73 Å². The lowest BCUT2D eigenvalue weighted by Crippen LogP contribution is -2.23. The van der Waals surface area contributed by atoms with Gasteiger partial charge in [-0.2, -0.15) is 13.2 Å². The molecule has 1 atom stereocenters. The Morgan fingerprint density at radius 3 is 2.57 bits per heavy atom. The van der Waals surface area contributed by atoms with E-state index in [9.17, 15) is 13.2 Å². The highest BCUT2D eigenvalue weighted by atomic mass is 32.1. The zero-order valence-corrected chi connectivity index (χ0v) is 8.37. The SMILES string of the molecule is NC[C@H](Cc1cccs1)CC(F)(F)F. The maximum Gasteiger partial charge on any atom is 0.389 e. The average Bonchev–Trinajstić information content (AvgIpc) is 2.53. The van der Waals surface area contributed by atoms with E-state index in [1.165, 1.54) is 11.3 Å². The first kappa shape index (κ1) is 11.5. The second-order valence-electron chi connectivity index (χ2n) is 3.20. The first-order valence-electron chi connectivity index (χ1n) is 4.30. The van der Waals surface area contributed by atoms with Gasteiger partial charge in [-0.3, -0.25) is 0 Å². The third kappa shape index (κ3) is 4.11. The van der Waals surface area contributed by atoms with Gasteiger partial charge in [-0.25, -0.2) is 0 Å². The van der Waals surface area contributed by atoms with E-state index in [0.29, 0.717) is 6.42 Å². The maximum atomic E-state index is 12.1. The van der Waals surface area contributed by atoms with Crippen molar-refractivity contribution in [2.24, 2.45) is 11.7 Å². The minimum Gasteiger partial charge on any atom is -0.330 e. The van der Waals surface area contributed by atoms with Crippen molar-refractivity contribution in [2.75, 3.05) is 6.54 Å². The van der Waals surface area contributed by atoms with Crippen molar-refractivity contribution in [2.45, 2.75) is 19.0 Å². The lowest BCUT2D eigenvalue weighted by atomic mass is 10.0. The highest BCUT2D eigenvalue weighted by Gasteiger charge is 2.31. The Labute approximate surface area is 84.7 Å². The van der Waals surface area contributed by atoms with Crippen LogP contribution in [0.4, 0.5) is 13.2 Å². The van der Waals surface area contributed by atoms with Crippen LogP contribution >= 0.6 is 11.3 Å². The van der Waals surface area contributed by atoms with Crippen molar-refractivity contribution in [3.05, 3.63) is 22.4 Å². The zero-order valence-electron chi connectivity index (χ0n) is 7.55. The fourth-order valence-electron chi connectivity index (χ4n) is 1.28. The van der Waals surface area contributed by atoms with Crippen molar-refractivity contribution in [3.8, 4) is 0 Å². The quantitative estimate of drug-likeness (QED) is 0.834. The number of thiophene rings is 1. The molecule has 0 fully saturated rings. The van der Waals surface area contributed by atoms with Crippen LogP contribution in [0.1, 0.15) is 11.3 Å². The smallest absolute Gasteiger partial charge is 0.330 e. The van der Waals surface area contributed by atoms with Crippen LogP contribution in [0.3, 0.4) is 0 Å². The Morgan fingerprint density at radius 1 is 1.43 bits per heavy atom. The van der Waals surface area contributed by atoms with Gasteiger partial charge >= 0.3 is 6.18 Å². The molecule has 0 unspecified atom stereocenters. The van der Waals surface area contributed by atoms with Crippen molar-refractivity contribution >= 4 is 11.3 Å². The minimum atomic E-state index is -4.11. The van der Waals surface area contributed by atoms with Crippen LogP contribution in [0.25, 0.3) is 0 Å². The van der Waals surface area contributed by atoms with E-state index in [0.717, 1.165) is 4.88 Å². The number of hydrogen-bond donors (Lipinski definition) is 1. The van der Waals surface area contributed by atoms with E-state index in [1.807, 2.05) is 17.5 Å². The lowest BCUT2D eigenvalue weighted by molar-refractivity contribution is -0.143. The summed E-state index contributed by atoms with van der Waals surface area (Å²) in [6.07, 6.45) is -4.48. The molecule has 5 heteroatoms. The van der Waals surface area contributed by atoms with E-state index < -0.39 is 18.5 Å². The topological polar surface area (TPSA) is 26.0 Å². The van der Waals surface area contributed by atoms with Gasteiger partial charge in [0.15, 0.2) is 0 Å². The minimum absolute atomic E-state index is 0.0808. The highest BCUT2D eigenvalue weighted by molar-refractivity contribution is 7.09. The van der Waals surface area contributed by atoms with Crippen LogP contribution in [0, 0.1) is 5.92 Å². The summed E-state index contributed by atoms with van der Waals surface area (Å²) in [4.78, 5) is 0.963. The molecule has 2 N–H and O–H groups in total. The summed E-state index contributed by atoms with van der Waals surface area (Å²) in [6.45, 7) is 0.0808. The molecular weight excluding hydrogens is 211 g/mol. The standard InChI is InChI=1S/C9H12F3NS/c10-9(11,12)5-7(6-13)4-8-2-1-3-14-8/h1-3,7H,4-6,13H2/t7-/m1/s1. The molecule has 1 nitrogen and oxygen atoms in total. The number of nitrogens with two attached hydrogens (primary N) is 1. The summed E-state index contributed by atoms with van der Waals surface area (Å²) >= 11 is 1.47. The Kier molecular flexibility index (Phi) is 3.95. The summed E-state index contributed by atoms with van der Waals surface area (Å²) in [7, 11) is 0. The summed E-state index contributed by atoms with van der Waals surface area (Å²) < 4.78 is 36.2. The van der Waals surface area contributed by atoms with E-state index >= 15 is 0 Å². The van der Waals surface area contributed by atoms with Crippen molar-refractivity contribution in [3.63, 3.8) is 0 Å². The third-order valence-electron chi connectivity index (χ3n) is 1.92. The molecule has 14 heavy (non-hydrogen) atoms. The molecule has 0 aliphatic carbocycles. The second kappa shape index (κ2) is 4.79. The van der Waals surface area contributed by atoms with Gasteiger partial charge in [0, 0.05) is 11.3 Å². The van der Waals surface area contributed by atoms with Crippen LogP contribution in [0.5, 0.6) is 0 Å². The molecule has 80 valence electrons. The van der Waals surface area contributed by atoms with Crippen molar-refractivity contribution < 1.29 is 13.2 Å². The first-order valence-corrected chi connectivity index (χ1v) is 5.18. The normalized spacial score (nSPS) is 14.3. The van der Waals surface area contributed by atoms with Gasteiger partial charge in [-0.15, -0.1) is 11.3 Å². The molecule has 1 heterocycles. The van der Waals surface area contributed by atoms with Crippen LogP contribution in [-0.2, 0) is 6.42 Å². The molecule has 0 spiro atoms.